The number of thiophene rings is 1. The van der Waals surface area contributed by atoms with Crippen molar-refractivity contribution in [2.24, 2.45) is 0 Å². The quantitative estimate of drug-likeness (QED) is 0.806. The molecule has 2 saturated heterocycles. The van der Waals surface area contributed by atoms with Crippen LogP contribution in [0.15, 0.2) is 41.9 Å². The average molecular weight is 377 g/mol. The highest BCUT2D eigenvalue weighted by atomic mass is 32.2. The zero-order valence-corrected chi connectivity index (χ0v) is 15.2. The number of sulfone groups is 1. The predicted octanol–water partition coefficient (Wildman–Crippen LogP) is 1.27. The summed E-state index contributed by atoms with van der Waals surface area (Å²) in [5.74, 6) is 0.103. The second-order valence-corrected chi connectivity index (χ2v) is 9.58. The fraction of sp³-hybridized carbons (Fsp3) is 0.412. The Balaban J connectivity index is 1.59. The Morgan fingerprint density at radius 3 is 2.72 bits per heavy atom. The molecule has 2 fully saturated rings. The largest absolute Gasteiger partial charge is 0.331 e. The number of nitrogens with zero attached hydrogens (tertiary/aromatic N) is 3. The van der Waals surface area contributed by atoms with E-state index in [2.05, 4.69) is 9.88 Å². The maximum Gasteiger partial charge on any atom is 0.264 e. The van der Waals surface area contributed by atoms with E-state index in [-0.39, 0.29) is 29.5 Å². The molecular weight excluding hydrogens is 358 g/mol. The standard InChI is InChI=1S/C17H19N3O3S2/c21-17(16-5-3-9-24-16)20-8-7-19(10-13-4-1-2-6-18-13)14-11-25(22,23)12-15(14)20/h1-6,9,14-15H,7-8,10-12H2/t14-,15+/m1/s1. The van der Waals surface area contributed by atoms with Gasteiger partial charge in [-0.2, -0.15) is 0 Å². The van der Waals surface area contributed by atoms with Crippen LogP contribution in [-0.2, 0) is 16.4 Å². The lowest BCUT2D eigenvalue weighted by Crippen LogP contribution is -2.60. The fourth-order valence-electron chi connectivity index (χ4n) is 3.71. The van der Waals surface area contributed by atoms with Gasteiger partial charge in [-0.1, -0.05) is 12.1 Å². The van der Waals surface area contributed by atoms with Gasteiger partial charge in [0.1, 0.15) is 0 Å². The molecule has 2 aromatic heterocycles. The monoisotopic (exact) mass is 377 g/mol. The van der Waals surface area contributed by atoms with Gasteiger partial charge < -0.3 is 4.90 Å². The highest BCUT2D eigenvalue weighted by Crippen LogP contribution is 2.29. The molecular formula is C17H19N3O3S2. The van der Waals surface area contributed by atoms with Crippen molar-refractivity contribution >= 4 is 27.1 Å². The van der Waals surface area contributed by atoms with Gasteiger partial charge in [0.05, 0.1) is 28.1 Å². The van der Waals surface area contributed by atoms with Crippen LogP contribution < -0.4 is 0 Å². The Kier molecular flexibility index (Phi) is 4.35. The highest BCUT2D eigenvalue weighted by Gasteiger charge is 2.48. The Morgan fingerprint density at radius 2 is 2.00 bits per heavy atom. The first-order valence-corrected chi connectivity index (χ1v) is 10.9. The molecule has 6 nitrogen and oxygen atoms in total. The first-order chi connectivity index (χ1) is 12.0. The summed E-state index contributed by atoms with van der Waals surface area (Å²) in [5.41, 5.74) is 0.920. The minimum absolute atomic E-state index is 0.0491. The van der Waals surface area contributed by atoms with E-state index < -0.39 is 9.84 Å². The smallest absolute Gasteiger partial charge is 0.264 e. The van der Waals surface area contributed by atoms with Gasteiger partial charge in [0.25, 0.3) is 5.91 Å². The number of amides is 1. The van der Waals surface area contributed by atoms with Crippen molar-refractivity contribution in [3.8, 4) is 0 Å². The van der Waals surface area contributed by atoms with Gasteiger partial charge in [-0.3, -0.25) is 14.7 Å². The van der Waals surface area contributed by atoms with E-state index in [0.29, 0.717) is 24.5 Å². The molecule has 0 aromatic carbocycles. The minimum atomic E-state index is -3.14. The molecule has 2 aliphatic rings. The molecule has 2 aromatic rings. The summed E-state index contributed by atoms with van der Waals surface area (Å²) in [6, 6.07) is 8.94. The lowest BCUT2D eigenvalue weighted by Gasteiger charge is -2.43. The number of fused-ring (bicyclic) bond motifs is 1. The van der Waals surface area contributed by atoms with Crippen LogP contribution >= 0.6 is 11.3 Å². The summed E-state index contributed by atoms with van der Waals surface area (Å²) in [7, 11) is -3.14. The van der Waals surface area contributed by atoms with E-state index in [1.165, 1.54) is 11.3 Å². The molecule has 132 valence electrons. The third kappa shape index (κ3) is 3.33. The Bertz CT molecular complexity index is 853. The van der Waals surface area contributed by atoms with Crippen LogP contribution in [0.3, 0.4) is 0 Å². The van der Waals surface area contributed by atoms with Crippen LogP contribution in [0.1, 0.15) is 15.4 Å². The predicted molar refractivity (Wildman–Crippen MR) is 96.2 cm³/mol. The van der Waals surface area contributed by atoms with Gasteiger partial charge in [0.15, 0.2) is 9.84 Å². The number of carbonyl (C=O) groups excluding carboxylic acids is 1. The van der Waals surface area contributed by atoms with Crippen molar-refractivity contribution in [1.82, 2.24) is 14.8 Å². The van der Waals surface area contributed by atoms with Crippen LogP contribution in [0.5, 0.6) is 0 Å². The summed E-state index contributed by atoms with van der Waals surface area (Å²) in [6.07, 6.45) is 1.74. The zero-order chi connectivity index (χ0) is 17.4. The molecule has 0 bridgehead atoms. The first kappa shape index (κ1) is 16.7. The molecule has 0 N–H and O–H groups in total. The van der Waals surface area contributed by atoms with Crippen molar-refractivity contribution in [1.29, 1.82) is 0 Å². The van der Waals surface area contributed by atoms with Crippen molar-refractivity contribution < 1.29 is 13.2 Å². The molecule has 0 saturated carbocycles. The second kappa shape index (κ2) is 6.51. The van der Waals surface area contributed by atoms with Crippen LogP contribution in [0, 0.1) is 0 Å². The van der Waals surface area contributed by atoms with Crippen molar-refractivity contribution in [2.75, 3.05) is 24.6 Å². The van der Waals surface area contributed by atoms with Crippen molar-refractivity contribution in [3.63, 3.8) is 0 Å². The van der Waals surface area contributed by atoms with E-state index in [0.717, 1.165) is 5.69 Å². The molecule has 0 aliphatic carbocycles. The molecule has 4 rings (SSSR count). The maximum atomic E-state index is 12.8. The van der Waals surface area contributed by atoms with Gasteiger partial charge in [-0.25, -0.2) is 8.42 Å². The van der Waals surface area contributed by atoms with Gasteiger partial charge in [-0.15, -0.1) is 11.3 Å². The molecule has 0 radical (unpaired) electrons. The minimum Gasteiger partial charge on any atom is -0.331 e. The highest BCUT2D eigenvalue weighted by molar-refractivity contribution is 7.91. The number of hydrogen-bond donors (Lipinski definition) is 0. The van der Waals surface area contributed by atoms with E-state index in [1.54, 1.807) is 17.2 Å². The fourth-order valence-corrected chi connectivity index (χ4v) is 6.41. The third-order valence-electron chi connectivity index (χ3n) is 4.88. The number of carbonyl (C=O) groups is 1. The molecule has 4 heterocycles. The van der Waals surface area contributed by atoms with E-state index in [9.17, 15) is 13.2 Å². The van der Waals surface area contributed by atoms with Gasteiger partial charge in [0.2, 0.25) is 0 Å². The third-order valence-corrected chi connectivity index (χ3v) is 7.43. The van der Waals surface area contributed by atoms with E-state index in [1.807, 2.05) is 29.6 Å². The Hall–Kier alpha value is -1.77. The number of piperazine rings is 1. The van der Waals surface area contributed by atoms with E-state index in [4.69, 9.17) is 0 Å². The molecule has 2 atom stereocenters. The lowest BCUT2D eigenvalue weighted by atomic mass is 10.0. The average Bonchev–Trinajstić information content (AvgIpc) is 3.22. The van der Waals surface area contributed by atoms with Crippen LogP contribution in [0.25, 0.3) is 0 Å². The molecule has 8 heteroatoms. The van der Waals surface area contributed by atoms with Crippen LogP contribution in [-0.4, -0.2) is 65.8 Å². The zero-order valence-electron chi connectivity index (χ0n) is 13.6. The Morgan fingerprint density at radius 1 is 1.16 bits per heavy atom. The molecule has 0 spiro atoms. The Labute approximate surface area is 151 Å². The van der Waals surface area contributed by atoms with Crippen LogP contribution in [0.2, 0.25) is 0 Å². The van der Waals surface area contributed by atoms with Crippen LogP contribution in [0.4, 0.5) is 0 Å². The summed E-state index contributed by atoms with van der Waals surface area (Å²) < 4.78 is 24.5. The summed E-state index contributed by atoms with van der Waals surface area (Å²) in [4.78, 5) is 21.7. The van der Waals surface area contributed by atoms with Gasteiger partial charge >= 0.3 is 0 Å². The molecule has 1 amide bonds. The molecule has 2 aliphatic heterocycles. The SMILES string of the molecule is O=C(c1cccs1)N1CCN(Cc2ccccn2)[C@@H]2CS(=O)(=O)C[C@@H]21. The lowest BCUT2D eigenvalue weighted by molar-refractivity contribution is 0.0306. The summed E-state index contributed by atoms with van der Waals surface area (Å²) >= 11 is 1.40. The number of aromatic nitrogens is 1. The van der Waals surface area contributed by atoms with Crippen molar-refractivity contribution in [3.05, 3.63) is 52.5 Å². The summed E-state index contributed by atoms with van der Waals surface area (Å²) in [5, 5.41) is 1.87. The maximum absolute atomic E-state index is 12.8. The summed E-state index contributed by atoms with van der Waals surface area (Å²) in [6.45, 7) is 1.81. The topological polar surface area (TPSA) is 70.6 Å². The normalized spacial score (nSPS) is 25.7. The number of rotatable bonds is 3. The first-order valence-electron chi connectivity index (χ1n) is 8.22. The molecule has 25 heavy (non-hydrogen) atoms. The number of pyridine rings is 1. The van der Waals surface area contributed by atoms with Gasteiger partial charge in [-0.05, 0) is 23.6 Å². The second-order valence-electron chi connectivity index (χ2n) is 6.48. The van der Waals surface area contributed by atoms with Crippen molar-refractivity contribution in [2.45, 2.75) is 18.6 Å². The number of hydrogen-bond acceptors (Lipinski definition) is 6. The molecule has 0 unspecified atom stereocenters. The van der Waals surface area contributed by atoms with E-state index >= 15 is 0 Å². The van der Waals surface area contributed by atoms with Gasteiger partial charge in [0, 0.05) is 31.9 Å².